The molecule has 0 bridgehead atoms. The minimum absolute atomic E-state index is 0.100. The largest absolute Gasteiger partial charge is 0.497 e. The quantitative estimate of drug-likeness (QED) is 0.615. The van der Waals surface area contributed by atoms with E-state index in [0.717, 1.165) is 51.3 Å². The second kappa shape index (κ2) is 8.51. The first-order valence-corrected chi connectivity index (χ1v) is 11.2. The lowest BCUT2D eigenvalue weighted by molar-refractivity contribution is 0.0751. The highest BCUT2D eigenvalue weighted by Gasteiger charge is 2.24. The molecule has 160 valence electrons. The first kappa shape index (κ1) is 19.8. The van der Waals surface area contributed by atoms with Crippen LogP contribution in [-0.4, -0.2) is 57.3 Å². The van der Waals surface area contributed by atoms with Crippen molar-refractivity contribution < 1.29 is 19.0 Å². The molecule has 2 aromatic carbocycles. The molecule has 0 spiro atoms. The van der Waals surface area contributed by atoms with Gasteiger partial charge in [0.15, 0.2) is 11.5 Å². The monoisotopic (exact) mass is 436 g/mol. The minimum atomic E-state index is 0.100. The Labute approximate surface area is 185 Å². The molecule has 0 saturated carbocycles. The van der Waals surface area contributed by atoms with Gasteiger partial charge in [0.25, 0.3) is 5.91 Å². The Hall–Kier alpha value is -3.19. The topological polar surface area (TPSA) is 51.2 Å². The van der Waals surface area contributed by atoms with Gasteiger partial charge in [-0.05, 0) is 60.2 Å². The Balaban J connectivity index is 1.24. The van der Waals surface area contributed by atoms with Crippen molar-refractivity contribution in [1.29, 1.82) is 0 Å². The molecule has 0 N–H and O–H groups in total. The van der Waals surface area contributed by atoms with Gasteiger partial charge in [-0.3, -0.25) is 4.79 Å². The van der Waals surface area contributed by atoms with E-state index < -0.39 is 0 Å². The van der Waals surface area contributed by atoms with Crippen LogP contribution in [0.3, 0.4) is 0 Å². The summed E-state index contributed by atoms with van der Waals surface area (Å²) in [4.78, 5) is 19.1. The van der Waals surface area contributed by atoms with Crippen LogP contribution in [0.2, 0.25) is 0 Å². The number of methoxy groups -OCH3 is 1. The summed E-state index contributed by atoms with van der Waals surface area (Å²) >= 11 is 1.52. The van der Waals surface area contributed by atoms with Crippen LogP contribution in [0, 0.1) is 0 Å². The van der Waals surface area contributed by atoms with Gasteiger partial charge in [-0.1, -0.05) is 0 Å². The number of thiophene rings is 1. The van der Waals surface area contributed by atoms with Crippen molar-refractivity contribution in [1.82, 2.24) is 4.90 Å². The zero-order chi connectivity index (χ0) is 21.2. The number of rotatable bonds is 4. The average molecular weight is 437 g/mol. The van der Waals surface area contributed by atoms with Crippen LogP contribution < -0.4 is 19.1 Å². The number of hydrogen-bond acceptors (Lipinski definition) is 6. The maximum Gasteiger partial charge on any atom is 0.264 e. The first-order valence-electron chi connectivity index (χ1n) is 10.4. The van der Waals surface area contributed by atoms with Crippen LogP contribution in [0.5, 0.6) is 17.2 Å². The molecule has 0 atom stereocenters. The molecule has 1 fully saturated rings. The predicted molar refractivity (Wildman–Crippen MR) is 122 cm³/mol. The summed E-state index contributed by atoms with van der Waals surface area (Å²) in [6.07, 6.45) is 0. The molecule has 0 radical (unpaired) electrons. The van der Waals surface area contributed by atoms with E-state index in [0.29, 0.717) is 26.3 Å². The number of piperazine rings is 1. The molecule has 2 aliphatic rings. The minimum Gasteiger partial charge on any atom is -0.497 e. The van der Waals surface area contributed by atoms with Crippen LogP contribution in [0.15, 0.2) is 54.6 Å². The number of amides is 1. The summed E-state index contributed by atoms with van der Waals surface area (Å²) < 4.78 is 16.5. The molecule has 0 aliphatic carbocycles. The molecule has 31 heavy (non-hydrogen) atoms. The van der Waals surface area contributed by atoms with Gasteiger partial charge in [-0.25, -0.2) is 0 Å². The number of benzene rings is 2. The second-order valence-electron chi connectivity index (χ2n) is 7.50. The van der Waals surface area contributed by atoms with Crippen molar-refractivity contribution in [3.8, 4) is 27.7 Å². The summed E-state index contributed by atoms with van der Waals surface area (Å²) in [5.74, 6) is 2.49. The van der Waals surface area contributed by atoms with Crippen molar-refractivity contribution in [2.75, 3.05) is 51.4 Å². The summed E-state index contributed by atoms with van der Waals surface area (Å²) in [7, 11) is 1.67. The Morgan fingerprint density at radius 3 is 2.39 bits per heavy atom. The van der Waals surface area contributed by atoms with Crippen molar-refractivity contribution in [2.24, 2.45) is 0 Å². The van der Waals surface area contributed by atoms with Crippen LogP contribution in [0.1, 0.15) is 9.67 Å². The molecule has 0 unspecified atom stereocenters. The van der Waals surface area contributed by atoms with Gasteiger partial charge in [0.05, 0.1) is 12.0 Å². The molecule has 7 heteroatoms. The lowest BCUT2D eigenvalue weighted by Crippen LogP contribution is -2.48. The lowest BCUT2D eigenvalue weighted by Gasteiger charge is -2.36. The molecule has 1 saturated heterocycles. The Morgan fingerprint density at radius 1 is 0.903 bits per heavy atom. The predicted octanol–water partition coefficient (Wildman–Crippen LogP) is 4.16. The maximum atomic E-state index is 13.1. The van der Waals surface area contributed by atoms with E-state index in [1.165, 1.54) is 11.3 Å². The maximum absolute atomic E-state index is 13.1. The van der Waals surface area contributed by atoms with Crippen molar-refractivity contribution in [2.45, 2.75) is 0 Å². The summed E-state index contributed by atoms with van der Waals surface area (Å²) in [6.45, 7) is 4.20. The number of hydrogen-bond donors (Lipinski definition) is 0. The molecule has 2 aliphatic heterocycles. The summed E-state index contributed by atoms with van der Waals surface area (Å²) in [6, 6.07) is 17.9. The summed E-state index contributed by atoms with van der Waals surface area (Å²) in [5, 5.41) is 0. The number of carbonyl (C=O) groups is 1. The highest BCUT2D eigenvalue weighted by Crippen LogP contribution is 2.37. The highest BCUT2D eigenvalue weighted by atomic mass is 32.1. The van der Waals surface area contributed by atoms with Gasteiger partial charge in [0.2, 0.25) is 0 Å². The third-order valence-corrected chi connectivity index (χ3v) is 6.77. The van der Waals surface area contributed by atoms with E-state index in [4.69, 9.17) is 14.2 Å². The second-order valence-corrected chi connectivity index (χ2v) is 8.58. The first-order chi connectivity index (χ1) is 15.2. The van der Waals surface area contributed by atoms with E-state index >= 15 is 0 Å². The van der Waals surface area contributed by atoms with Crippen LogP contribution in [0.25, 0.3) is 10.4 Å². The molecule has 3 aromatic rings. The molecule has 3 heterocycles. The van der Waals surface area contributed by atoms with Crippen LogP contribution in [-0.2, 0) is 0 Å². The number of fused-ring (bicyclic) bond motifs is 1. The van der Waals surface area contributed by atoms with Gasteiger partial charge >= 0.3 is 0 Å². The number of carbonyl (C=O) groups excluding carboxylic acids is 1. The van der Waals surface area contributed by atoms with Crippen molar-refractivity contribution in [3.63, 3.8) is 0 Å². The fraction of sp³-hybridized carbons (Fsp3) is 0.292. The molecule has 1 amide bonds. The SMILES string of the molecule is COc1ccc(N2CCN(C(=O)c3ccc(-c4ccc5c(c4)OCCO5)s3)CC2)cc1. The Morgan fingerprint density at radius 2 is 1.65 bits per heavy atom. The van der Waals surface area contributed by atoms with Gasteiger partial charge in [0.1, 0.15) is 19.0 Å². The molecular weight excluding hydrogens is 412 g/mol. The molecule has 6 nitrogen and oxygen atoms in total. The van der Waals surface area contributed by atoms with E-state index in [9.17, 15) is 4.79 Å². The third kappa shape index (κ3) is 4.05. The summed E-state index contributed by atoms with van der Waals surface area (Å²) in [5.41, 5.74) is 2.20. The smallest absolute Gasteiger partial charge is 0.264 e. The van der Waals surface area contributed by atoms with Gasteiger partial charge in [0, 0.05) is 36.7 Å². The number of anilines is 1. The Kier molecular flexibility index (Phi) is 5.42. The standard InChI is InChI=1S/C24H24N2O4S/c1-28-19-5-3-18(4-6-19)25-10-12-26(13-11-25)24(27)23-9-8-22(31-23)17-2-7-20-21(16-17)30-15-14-29-20/h2-9,16H,10-15H2,1H3. The number of ether oxygens (including phenoxy) is 3. The van der Waals surface area contributed by atoms with Crippen molar-refractivity contribution in [3.05, 3.63) is 59.5 Å². The Bertz CT molecular complexity index is 1070. The molecule has 5 rings (SSSR count). The molecule has 1 aromatic heterocycles. The number of nitrogens with zero attached hydrogens (tertiary/aromatic N) is 2. The zero-order valence-electron chi connectivity index (χ0n) is 17.4. The zero-order valence-corrected chi connectivity index (χ0v) is 18.2. The lowest BCUT2D eigenvalue weighted by atomic mass is 10.1. The van der Waals surface area contributed by atoms with Gasteiger partial charge < -0.3 is 24.0 Å². The average Bonchev–Trinajstić information content (AvgIpc) is 3.34. The fourth-order valence-electron chi connectivity index (χ4n) is 3.92. The van der Waals surface area contributed by atoms with Crippen molar-refractivity contribution >= 4 is 22.9 Å². The van der Waals surface area contributed by atoms with Gasteiger partial charge in [-0.15, -0.1) is 11.3 Å². The van der Waals surface area contributed by atoms with Gasteiger partial charge in [-0.2, -0.15) is 0 Å². The fourth-order valence-corrected chi connectivity index (χ4v) is 4.89. The third-order valence-electron chi connectivity index (χ3n) is 5.65. The van der Waals surface area contributed by atoms with E-state index in [1.807, 2.05) is 47.4 Å². The van der Waals surface area contributed by atoms with E-state index in [-0.39, 0.29) is 5.91 Å². The normalized spacial score (nSPS) is 15.6. The van der Waals surface area contributed by atoms with Crippen LogP contribution in [0.4, 0.5) is 5.69 Å². The van der Waals surface area contributed by atoms with E-state index in [2.05, 4.69) is 17.0 Å². The molecular formula is C24H24N2O4S. The highest BCUT2D eigenvalue weighted by molar-refractivity contribution is 7.17. The van der Waals surface area contributed by atoms with E-state index in [1.54, 1.807) is 7.11 Å². The van der Waals surface area contributed by atoms with Crippen LogP contribution >= 0.6 is 11.3 Å².